The lowest BCUT2D eigenvalue weighted by atomic mass is 10.3. The summed E-state index contributed by atoms with van der Waals surface area (Å²) in [7, 11) is -2.76. The van der Waals surface area contributed by atoms with Gasteiger partial charge in [-0.25, -0.2) is 4.67 Å². The zero-order valence-corrected chi connectivity index (χ0v) is 11.1. The normalized spacial score (nSPS) is 15.7. The van der Waals surface area contributed by atoms with Gasteiger partial charge in [0.05, 0.1) is 19.1 Å². The molecule has 0 aromatic rings. The first-order valence-electron chi connectivity index (χ1n) is 5.20. The molecule has 0 N–H and O–H groups in total. The number of nitrogens with zero attached hydrogens (tertiary/aromatic N) is 2. The summed E-state index contributed by atoms with van der Waals surface area (Å²) in [6.07, 6.45) is 0.280. The Morgan fingerprint density at radius 2 is 1.80 bits per heavy atom. The third-order valence-corrected chi connectivity index (χ3v) is 4.45. The van der Waals surface area contributed by atoms with E-state index in [1.54, 1.807) is 6.66 Å². The van der Waals surface area contributed by atoms with Gasteiger partial charge in [0.1, 0.15) is 0 Å². The van der Waals surface area contributed by atoms with Gasteiger partial charge < -0.3 is 4.52 Å². The van der Waals surface area contributed by atoms with Crippen molar-refractivity contribution < 1.29 is 9.09 Å². The topological polar surface area (TPSA) is 53.3 Å². The molecule has 0 saturated carbocycles. The van der Waals surface area contributed by atoms with Gasteiger partial charge in [-0.2, -0.15) is 5.26 Å². The van der Waals surface area contributed by atoms with E-state index in [2.05, 4.69) is 0 Å². The summed E-state index contributed by atoms with van der Waals surface area (Å²) in [6, 6.07) is 2.31. The van der Waals surface area contributed by atoms with E-state index in [4.69, 9.17) is 9.79 Å². The molecule has 0 radical (unpaired) electrons. The van der Waals surface area contributed by atoms with Crippen molar-refractivity contribution >= 4 is 7.52 Å². The van der Waals surface area contributed by atoms with Crippen molar-refractivity contribution in [2.24, 2.45) is 0 Å². The largest absolute Gasteiger partial charge is 0.316 e. The minimum absolute atomic E-state index is 0.169. The number of hydrogen-bond donors (Lipinski definition) is 0. The summed E-state index contributed by atoms with van der Waals surface area (Å²) in [5, 5.41) is 8.39. The Morgan fingerprint density at radius 3 is 2.13 bits per heavy atom. The standard InChI is InChI=1S/C10H21N2O2P/c1-9(2)12(10(3)4)15(5,13)14-8-6-7-11/h9-10H,6,8H2,1-5H3. The summed E-state index contributed by atoms with van der Waals surface area (Å²) in [5.74, 6) is 0. The van der Waals surface area contributed by atoms with Crippen molar-refractivity contribution in [1.82, 2.24) is 4.67 Å². The Morgan fingerprint density at radius 1 is 1.33 bits per heavy atom. The van der Waals surface area contributed by atoms with Crippen LogP contribution in [-0.2, 0) is 9.09 Å². The lowest BCUT2D eigenvalue weighted by Crippen LogP contribution is -2.34. The molecule has 1 atom stereocenters. The second-order valence-electron chi connectivity index (χ2n) is 4.11. The van der Waals surface area contributed by atoms with Gasteiger partial charge in [0.15, 0.2) is 0 Å². The highest BCUT2D eigenvalue weighted by Crippen LogP contribution is 2.49. The lowest BCUT2D eigenvalue weighted by molar-refractivity contribution is 0.223. The monoisotopic (exact) mass is 232 g/mol. The van der Waals surface area contributed by atoms with E-state index >= 15 is 0 Å². The van der Waals surface area contributed by atoms with Gasteiger partial charge in [-0.3, -0.25) is 4.57 Å². The van der Waals surface area contributed by atoms with Crippen LogP contribution in [-0.4, -0.2) is 30.0 Å². The molecule has 1 unspecified atom stereocenters. The fraction of sp³-hybridized carbons (Fsp3) is 0.900. The molecule has 0 heterocycles. The zero-order chi connectivity index (χ0) is 12.1. The lowest BCUT2D eigenvalue weighted by Gasteiger charge is -2.34. The molecule has 0 fully saturated rings. The molecule has 0 spiro atoms. The predicted molar refractivity (Wildman–Crippen MR) is 61.8 cm³/mol. The number of hydrogen-bond acceptors (Lipinski definition) is 3. The highest BCUT2D eigenvalue weighted by molar-refractivity contribution is 7.55. The minimum atomic E-state index is -2.76. The molecule has 0 aliphatic heterocycles. The zero-order valence-electron chi connectivity index (χ0n) is 10.2. The summed E-state index contributed by atoms with van der Waals surface area (Å²) in [4.78, 5) is 0. The molecule has 5 heteroatoms. The fourth-order valence-corrected chi connectivity index (χ4v) is 4.00. The van der Waals surface area contributed by atoms with Gasteiger partial charge >= 0.3 is 0 Å². The second-order valence-corrected chi connectivity index (χ2v) is 6.44. The molecule has 88 valence electrons. The minimum Gasteiger partial charge on any atom is -0.316 e. The molecule has 0 bridgehead atoms. The van der Waals surface area contributed by atoms with Crippen molar-refractivity contribution in [2.45, 2.75) is 46.2 Å². The molecule has 4 nitrogen and oxygen atoms in total. The van der Waals surface area contributed by atoms with Gasteiger partial charge in [0.25, 0.3) is 7.52 Å². The van der Waals surface area contributed by atoms with Gasteiger partial charge in [-0.1, -0.05) is 0 Å². The van der Waals surface area contributed by atoms with Crippen LogP contribution in [0.3, 0.4) is 0 Å². The van der Waals surface area contributed by atoms with E-state index in [0.717, 1.165) is 0 Å². The SMILES string of the molecule is CC(C)N(C(C)C)P(C)(=O)OCCC#N. The van der Waals surface area contributed by atoms with E-state index in [0.29, 0.717) is 0 Å². The quantitative estimate of drug-likeness (QED) is 0.522. The Hall–Kier alpha value is -0.360. The Labute approximate surface area is 92.7 Å². The van der Waals surface area contributed by atoms with Crippen LogP contribution in [0.4, 0.5) is 0 Å². The Kier molecular flexibility index (Phi) is 6.12. The molecule has 0 aromatic carbocycles. The molecular weight excluding hydrogens is 211 g/mol. The van der Waals surface area contributed by atoms with Gasteiger partial charge in [0, 0.05) is 18.7 Å². The van der Waals surface area contributed by atoms with E-state index in [9.17, 15) is 4.57 Å². The summed E-state index contributed by atoms with van der Waals surface area (Å²) in [5.41, 5.74) is 0. The van der Waals surface area contributed by atoms with E-state index in [1.807, 2.05) is 38.4 Å². The Balaban J connectivity index is 4.52. The maximum Gasteiger partial charge on any atom is 0.269 e. The first-order valence-corrected chi connectivity index (χ1v) is 7.23. The van der Waals surface area contributed by atoms with Crippen molar-refractivity contribution in [3.63, 3.8) is 0 Å². The third kappa shape index (κ3) is 4.79. The molecule has 0 rings (SSSR count). The van der Waals surface area contributed by atoms with Crippen LogP contribution in [0.25, 0.3) is 0 Å². The molecule has 15 heavy (non-hydrogen) atoms. The van der Waals surface area contributed by atoms with Crippen LogP contribution < -0.4 is 0 Å². The van der Waals surface area contributed by atoms with E-state index in [1.165, 1.54) is 0 Å². The van der Waals surface area contributed by atoms with Crippen molar-refractivity contribution in [1.29, 1.82) is 5.26 Å². The van der Waals surface area contributed by atoms with Gasteiger partial charge in [0.2, 0.25) is 0 Å². The van der Waals surface area contributed by atoms with Crippen molar-refractivity contribution in [3.8, 4) is 6.07 Å². The highest BCUT2D eigenvalue weighted by atomic mass is 31.2. The summed E-state index contributed by atoms with van der Waals surface area (Å²) < 4.78 is 19.4. The predicted octanol–water partition coefficient (Wildman–Crippen LogP) is 2.86. The fourth-order valence-electron chi connectivity index (χ4n) is 1.76. The van der Waals surface area contributed by atoms with Crippen LogP contribution >= 0.6 is 7.52 Å². The molecule has 0 aliphatic rings. The van der Waals surface area contributed by atoms with Gasteiger partial charge in [-0.15, -0.1) is 0 Å². The van der Waals surface area contributed by atoms with Crippen LogP contribution in [0.5, 0.6) is 0 Å². The summed E-state index contributed by atoms with van der Waals surface area (Å²) in [6.45, 7) is 9.81. The summed E-state index contributed by atoms with van der Waals surface area (Å²) >= 11 is 0. The van der Waals surface area contributed by atoms with Crippen molar-refractivity contribution in [2.75, 3.05) is 13.3 Å². The smallest absolute Gasteiger partial charge is 0.269 e. The van der Waals surface area contributed by atoms with Crippen LogP contribution in [0.1, 0.15) is 34.1 Å². The van der Waals surface area contributed by atoms with Crippen LogP contribution in [0.15, 0.2) is 0 Å². The Bertz CT molecular complexity index is 263. The van der Waals surface area contributed by atoms with Crippen molar-refractivity contribution in [3.05, 3.63) is 0 Å². The van der Waals surface area contributed by atoms with Gasteiger partial charge in [-0.05, 0) is 27.7 Å². The maximum absolute atomic E-state index is 12.3. The third-order valence-electron chi connectivity index (χ3n) is 2.02. The maximum atomic E-state index is 12.3. The van der Waals surface area contributed by atoms with Crippen LogP contribution in [0.2, 0.25) is 0 Å². The second kappa shape index (κ2) is 6.27. The molecule has 0 aliphatic carbocycles. The first-order chi connectivity index (χ1) is 6.83. The highest BCUT2D eigenvalue weighted by Gasteiger charge is 2.30. The van der Waals surface area contributed by atoms with E-state index in [-0.39, 0.29) is 25.1 Å². The number of rotatable bonds is 6. The van der Waals surface area contributed by atoms with E-state index < -0.39 is 7.52 Å². The average molecular weight is 232 g/mol. The molecular formula is C10H21N2O2P. The molecule has 0 aromatic heterocycles. The molecule has 0 amide bonds. The first kappa shape index (κ1) is 14.6. The van der Waals surface area contributed by atoms with Crippen LogP contribution in [0, 0.1) is 11.3 Å². The number of nitriles is 1. The average Bonchev–Trinajstić information content (AvgIpc) is 2.01. The molecule has 0 saturated heterocycles.